The van der Waals surface area contributed by atoms with Crippen molar-refractivity contribution >= 4 is 22.4 Å². The van der Waals surface area contributed by atoms with Gasteiger partial charge in [0.25, 0.3) is 0 Å². The summed E-state index contributed by atoms with van der Waals surface area (Å²) in [6.07, 6.45) is 0.354. The van der Waals surface area contributed by atoms with E-state index in [9.17, 15) is 4.79 Å². The first-order chi connectivity index (χ1) is 9.71. The third kappa shape index (κ3) is 3.96. The maximum atomic E-state index is 11.8. The van der Waals surface area contributed by atoms with Gasteiger partial charge in [0.2, 0.25) is 5.91 Å². The van der Waals surface area contributed by atoms with Crippen LogP contribution < -0.4 is 15.4 Å². The average molecular weight is 291 g/mol. The lowest BCUT2D eigenvalue weighted by molar-refractivity contribution is -0.120. The molecule has 1 amide bonds. The highest BCUT2D eigenvalue weighted by atomic mass is 32.1. The number of hydrogen-bond donors (Lipinski definition) is 2. The van der Waals surface area contributed by atoms with E-state index in [1.54, 1.807) is 7.11 Å². The van der Waals surface area contributed by atoms with E-state index >= 15 is 0 Å². The van der Waals surface area contributed by atoms with E-state index in [4.69, 9.17) is 4.74 Å². The van der Waals surface area contributed by atoms with Crippen LogP contribution in [0, 0.1) is 0 Å². The van der Waals surface area contributed by atoms with E-state index < -0.39 is 0 Å². The van der Waals surface area contributed by atoms with Gasteiger partial charge in [-0.3, -0.25) is 4.79 Å². The van der Waals surface area contributed by atoms with Crippen LogP contribution >= 0.6 is 11.3 Å². The molecule has 5 nitrogen and oxygen atoms in total. The van der Waals surface area contributed by atoms with Gasteiger partial charge in [0, 0.05) is 12.4 Å². The van der Waals surface area contributed by atoms with Crippen molar-refractivity contribution in [3.63, 3.8) is 0 Å². The molecule has 106 valence electrons. The second kappa shape index (κ2) is 6.91. The minimum absolute atomic E-state index is 0.0193. The average Bonchev–Trinajstić information content (AvgIpc) is 2.94. The molecule has 0 aliphatic rings. The minimum Gasteiger partial charge on any atom is -0.497 e. The Labute approximate surface area is 122 Å². The molecule has 0 fully saturated rings. The van der Waals surface area contributed by atoms with Crippen molar-refractivity contribution in [3.05, 3.63) is 40.9 Å². The van der Waals surface area contributed by atoms with E-state index in [2.05, 4.69) is 15.6 Å². The molecule has 2 aromatic rings. The zero-order valence-corrected chi connectivity index (χ0v) is 12.3. The predicted octanol–water partition coefficient (Wildman–Crippen LogP) is 2.05. The Morgan fingerprint density at radius 1 is 1.35 bits per heavy atom. The van der Waals surface area contributed by atoms with Crippen LogP contribution in [0.2, 0.25) is 0 Å². The maximum absolute atomic E-state index is 11.8. The molecule has 1 heterocycles. The second-order valence-electron chi connectivity index (χ2n) is 4.20. The van der Waals surface area contributed by atoms with Crippen LogP contribution in [0.4, 0.5) is 5.13 Å². The van der Waals surface area contributed by atoms with Gasteiger partial charge in [-0.2, -0.15) is 0 Å². The number of amides is 1. The maximum Gasteiger partial charge on any atom is 0.224 e. The molecule has 1 aromatic carbocycles. The number of rotatable bonds is 6. The van der Waals surface area contributed by atoms with Gasteiger partial charge in [0.1, 0.15) is 5.75 Å². The fourth-order valence-corrected chi connectivity index (χ4v) is 2.35. The zero-order chi connectivity index (χ0) is 14.4. The zero-order valence-electron chi connectivity index (χ0n) is 11.5. The van der Waals surface area contributed by atoms with E-state index in [0.29, 0.717) is 13.0 Å². The van der Waals surface area contributed by atoms with Crippen molar-refractivity contribution in [3.8, 4) is 5.75 Å². The Hall–Kier alpha value is -2.08. The molecule has 0 saturated heterocycles. The number of hydrogen-bond acceptors (Lipinski definition) is 5. The molecule has 0 atom stereocenters. The molecule has 0 unspecified atom stereocenters. The lowest BCUT2D eigenvalue weighted by atomic mass is 10.1. The number of carbonyl (C=O) groups is 1. The first kappa shape index (κ1) is 14.3. The number of nitrogens with zero attached hydrogens (tertiary/aromatic N) is 1. The number of methoxy groups -OCH3 is 1. The third-order valence-electron chi connectivity index (χ3n) is 2.76. The molecule has 0 aliphatic carbocycles. The summed E-state index contributed by atoms with van der Waals surface area (Å²) in [5.41, 5.74) is 1.82. The van der Waals surface area contributed by atoms with Crippen molar-refractivity contribution in [1.82, 2.24) is 10.3 Å². The second-order valence-corrected chi connectivity index (χ2v) is 5.05. The largest absolute Gasteiger partial charge is 0.497 e. The van der Waals surface area contributed by atoms with Crippen molar-refractivity contribution < 1.29 is 9.53 Å². The molecule has 2 N–H and O–H groups in total. The SMILES string of the molecule is CNc1nc(CNC(=O)Cc2ccc(OC)cc2)cs1. The first-order valence-corrected chi connectivity index (χ1v) is 7.11. The summed E-state index contributed by atoms with van der Waals surface area (Å²) >= 11 is 1.52. The Morgan fingerprint density at radius 3 is 2.70 bits per heavy atom. The summed E-state index contributed by atoms with van der Waals surface area (Å²) in [6.45, 7) is 0.452. The molecule has 6 heteroatoms. The van der Waals surface area contributed by atoms with Gasteiger partial charge in [-0.15, -0.1) is 11.3 Å². The van der Waals surface area contributed by atoms with Crippen molar-refractivity contribution in [2.24, 2.45) is 0 Å². The Morgan fingerprint density at radius 2 is 2.10 bits per heavy atom. The molecule has 1 aromatic heterocycles. The third-order valence-corrected chi connectivity index (χ3v) is 3.66. The molecule has 0 radical (unpaired) electrons. The van der Waals surface area contributed by atoms with E-state index in [1.165, 1.54) is 11.3 Å². The molecule has 0 spiro atoms. The highest BCUT2D eigenvalue weighted by molar-refractivity contribution is 7.13. The number of carbonyl (C=O) groups excluding carboxylic acids is 1. The van der Waals surface area contributed by atoms with Gasteiger partial charge in [-0.1, -0.05) is 12.1 Å². The van der Waals surface area contributed by atoms with Crippen LogP contribution in [-0.2, 0) is 17.8 Å². The predicted molar refractivity (Wildman–Crippen MR) is 80.2 cm³/mol. The fraction of sp³-hybridized carbons (Fsp3) is 0.286. The minimum atomic E-state index is -0.0193. The van der Waals surface area contributed by atoms with Crippen molar-refractivity contribution in [1.29, 1.82) is 0 Å². The van der Waals surface area contributed by atoms with Gasteiger partial charge in [0.05, 0.1) is 25.8 Å². The number of benzene rings is 1. The highest BCUT2D eigenvalue weighted by Crippen LogP contribution is 2.14. The summed E-state index contributed by atoms with van der Waals surface area (Å²) in [5, 5.41) is 8.61. The summed E-state index contributed by atoms with van der Waals surface area (Å²) in [4.78, 5) is 16.1. The van der Waals surface area contributed by atoms with E-state index in [0.717, 1.165) is 22.1 Å². The van der Waals surface area contributed by atoms with Crippen LogP contribution in [0.1, 0.15) is 11.3 Å². The number of anilines is 1. The van der Waals surface area contributed by atoms with Crippen molar-refractivity contribution in [2.75, 3.05) is 19.5 Å². The van der Waals surface area contributed by atoms with E-state index in [-0.39, 0.29) is 5.91 Å². The topological polar surface area (TPSA) is 63.2 Å². The summed E-state index contributed by atoms with van der Waals surface area (Å²) in [7, 11) is 3.44. The lowest BCUT2D eigenvalue weighted by Gasteiger charge is -2.05. The van der Waals surface area contributed by atoms with Crippen molar-refractivity contribution in [2.45, 2.75) is 13.0 Å². The molecule has 2 rings (SSSR count). The number of ether oxygens (including phenoxy) is 1. The summed E-state index contributed by atoms with van der Waals surface area (Å²) < 4.78 is 5.08. The fourth-order valence-electron chi connectivity index (χ4n) is 1.68. The Bertz CT molecular complexity index is 566. The Balaban J connectivity index is 1.82. The van der Waals surface area contributed by atoms with Gasteiger partial charge in [-0.25, -0.2) is 4.98 Å². The molecule has 0 saturated carbocycles. The summed E-state index contributed by atoms with van der Waals surface area (Å²) in [6, 6.07) is 7.48. The number of aromatic nitrogens is 1. The highest BCUT2D eigenvalue weighted by Gasteiger charge is 2.05. The van der Waals surface area contributed by atoms with Crippen LogP contribution in [0.25, 0.3) is 0 Å². The van der Waals surface area contributed by atoms with E-state index in [1.807, 2.05) is 36.7 Å². The van der Waals surface area contributed by atoms with Gasteiger partial charge in [-0.05, 0) is 17.7 Å². The Kier molecular flexibility index (Phi) is 4.95. The first-order valence-electron chi connectivity index (χ1n) is 6.23. The quantitative estimate of drug-likeness (QED) is 0.855. The van der Waals surface area contributed by atoms with Crippen LogP contribution in [0.3, 0.4) is 0 Å². The standard InChI is InChI=1S/C14H17N3O2S/c1-15-14-17-11(9-20-14)8-16-13(18)7-10-3-5-12(19-2)6-4-10/h3-6,9H,7-8H2,1-2H3,(H,15,17)(H,16,18). The molecule has 0 aliphatic heterocycles. The van der Waals surface area contributed by atoms with Crippen LogP contribution in [0.15, 0.2) is 29.6 Å². The smallest absolute Gasteiger partial charge is 0.224 e. The molecular weight excluding hydrogens is 274 g/mol. The molecule has 0 bridgehead atoms. The van der Waals surface area contributed by atoms with Gasteiger partial charge >= 0.3 is 0 Å². The normalized spacial score (nSPS) is 10.1. The number of nitrogens with one attached hydrogen (secondary N) is 2. The van der Waals surface area contributed by atoms with Crippen LogP contribution in [0.5, 0.6) is 5.75 Å². The monoisotopic (exact) mass is 291 g/mol. The van der Waals surface area contributed by atoms with Gasteiger partial charge in [0.15, 0.2) is 5.13 Å². The lowest BCUT2D eigenvalue weighted by Crippen LogP contribution is -2.24. The summed E-state index contributed by atoms with van der Waals surface area (Å²) in [5.74, 6) is 0.769. The molecule has 20 heavy (non-hydrogen) atoms. The molecular formula is C14H17N3O2S. The van der Waals surface area contributed by atoms with Gasteiger partial charge < -0.3 is 15.4 Å². The number of thiazole rings is 1. The van der Waals surface area contributed by atoms with Crippen LogP contribution in [-0.4, -0.2) is 25.0 Å².